The Hall–Kier alpha value is -1.29. The molecule has 1 aliphatic rings. The van der Waals surface area contributed by atoms with Crippen LogP contribution in [-0.4, -0.2) is 17.2 Å². The minimum absolute atomic E-state index is 0.108. The predicted molar refractivity (Wildman–Crippen MR) is 61.5 cm³/mol. The number of rotatable bonds is 5. The van der Waals surface area contributed by atoms with Gasteiger partial charge in [-0.15, -0.1) is 0 Å². The second kappa shape index (κ2) is 4.70. The molecule has 1 aliphatic carbocycles. The van der Waals surface area contributed by atoms with Crippen LogP contribution in [0, 0.1) is 0 Å². The molecule has 0 spiro atoms. The van der Waals surface area contributed by atoms with Gasteiger partial charge in [0.05, 0.1) is 18.4 Å². The molecule has 0 aliphatic heterocycles. The highest BCUT2D eigenvalue weighted by molar-refractivity contribution is 5.44. The average molecular weight is 222 g/mol. The first-order valence-electron chi connectivity index (χ1n) is 5.71. The number of aromatic nitrogens is 1. The first-order chi connectivity index (χ1) is 7.70. The predicted octanol–water partition coefficient (Wildman–Crippen LogP) is 1.87. The van der Waals surface area contributed by atoms with Crippen LogP contribution in [0.4, 0.5) is 0 Å². The second-order valence-corrected chi connectivity index (χ2v) is 4.31. The molecule has 0 aromatic carbocycles. The molecular weight excluding hydrogens is 204 g/mol. The lowest BCUT2D eigenvalue weighted by Gasteiger charge is -2.16. The van der Waals surface area contributed by atoms with Gasteiger partial charge in [0.15, 0.2) is 11.5 Å². The largest absolute Gasteiger partial charge is 0.486 e. The minimum atomic E-state index is 0.108. The molecule has 16 heavy (non-hydrogen) atoms. The molecule has 1 fully saturated rings. The first-order valence-corrected chi connectivity index (χ1v) is 5.71. The van der Waals surface area contributed by atoms with E-state index >= 15 is 0 Å². The Morgan fingerprint density at radius 2 is 2.19 bits per heavy atom. The summed E-state index contributed by atoms with van der Waals surface area (Å²) < 4.78 is 11.5. The second-order valence-electron chi connectivity index (χ2n) is 4.31. The van der Waals surface area contributed by atoms with Gasteiger partial charge in [0.25, 0.3) is 0 Å². The van der Waals surface area contributed by atoms with E-state index in [2.05, 4.69) is 4.98 Å². The third-order valence-electron chi connectivity index (χ3n) is 2.33. The molecule has 2 N–H and O–H groups in total. The van der Waals surface area contributed by atoms with E-state index < -0.39 is 0 Å². The van der Waals surface area contributed by atoms with Gasteiger partial charge in [-0.3, -0.25) is 4.98 Å². The van der Waals surface area contributed by atoms with Crippen LogP contribution in [0.1, 0.15) is 32.3 Å². The number of hydrogen-bond acceptors (Lipinski definition) is 4. The molecule has 1 saturated carbocycles. The fourth-order valence-corrected chi connectivity index (χ4v) is 1.44. The molecule has 0 amide bonds. The van der Waals surface area contributed by atoms with Crippen molar-refractivity contribution in [1.82, 2.24) is 4.98 Å². The number of nitrogens with two attached hydrogens (primary N) is 1. The van der Waals surface area contributed by atoms with Crippen LogP contribution < -0.4 is 15.2 Å². The van der Waals surface area contributed by atoms with Gasteiger partial charge < -0.3 is 15.2 Å². The van der Waals surface area contributed by atoms with Crippen LogP contribution >= 0.6 is 0 Å². The molecule has 88 valence electrons. The summed E-state index contributed by atoms with van der Waals surface area (Å²) in [7, 11) is 0. The normalized spacial score (nSPS) is 15.2. The lowest BCUT2D eigenvalue weighted by Crippen LogP contribution is -2.11. The Morgan fingerprint density at radius 1 is 1.44 bits per heavy atom. The maximum absolute atomic E-state index is 5.83. The van der Waals surface area contributed by atoms with Crippen molar-refractivity contribution in [2.24, 2.45) is 5.73 Å². The van der Waals surface area contributed by atoms with E-state index in [1.165, 1.54) is 0 Å². The molecular formula is C12H18N2O2. The summed E-state index contributed by atoms with van der Waals surface area (Å²) in [6.45, 7) is 4.39. The van der Waals surface area contributed by atoms with Crippen molar-refractivity contribution in [3.63, 3.8) is 0 Å². The SMILES string of the molecule is CC(C)Oc1cncc(CN)c1OC1CC1. The third-order valence-corrected chi connectivity index (χ3v) is 2.33. The Bertz CT molecular complexity index is 362. The smallest absolute Gasteiger partial charge is 0.180 e. The zero-order valence-corrected chi connectivity index (χ0v) is 9.77. The molecule has 0 bridgehead atoms. The van der Waals surface area contributed by atoms with Crippen molar-refractivity contribution in [2.75, 3.05) is 0 Å². The molecule has 4 nitrogen and oxygen atoms in total. The van der Waals surface area contributed by atoms with Crippen molar-refractivity contribution < 1.29 is 9.47 Å². The van der Waals surface area contributed by atoms with Gasteiger partial charge >= 0.3 is 0 Å². The summed E-state index contributed by atoms with van der Waals surface area (Å²) in [6.07, 6.45) is 6.11. The van der Waals surface area contributed by atoms with E-state index in [0.717, 1.165) is 24.2 Å². The van der Waals surface area contributed by atoms with E-state index in [1.807, 2.05) is 13.8 Å². The van der Waals surface area contributed by atoms with Crippen LogP contribution in [0.3, 0.4) is 0 Å². The van der Waals surface area contributed by atoms with E-state index in [9.17, 15) is 0 Å². The lowest BCUT2D eigenvalue weighted by molar-refractivity contribution is 0.215. The zero-order valence-electron chi connectivity index (χ0n) is 9.77. The molecule has 0 unspecified atom stereocenters. The summed E-state index contributed by atoms with van der Waals surface area (Å²) in [5.74, 6) is 1.47. The number of nitrogens with zero attached hydrogens (tertiary/aromatic N) is 1. The van der Waals surface area contributed by atoms with E-state index in [4.69, 9.17) is 15.2 Å². The fraction of sp³-hybridized carbons (Fsp3) is 0.583. The summed E-state index contributed by atoms with van der Waals surface area (Å²) in [5, 5.41) is 0. The summed E-state index contributed by atoms with van der Waals surface area (Å²) in [5.41, 5.74) is 6.58. The highest BCUT2D eigenvalue weighted by Gasteiger charge is 2.26. The van der Waals surface area contributed by atoms with Gasteiger partial charge in [-0.2, -0.15) is 0 Å². The quantitative estimate of drug-likeness (QED) is 0.826. The van der Waals surface area contributed by atoms with Crippen LogP contribution in [0.15, 0.2) is 12.4 Å². The molecule has 0 radical (unpaired) electrons. The molecule has 2 rings (SSSR count). The van der Waals surface area contributed by atoms with Gasteiger partial charge in [-0.1, -0.05) is 0 Å². The van der Waals surface area contributed by atoms with Gasteiger partial charge in [-0.25, -0.2) is 0 Å². The highest BCUT2D eigenvalue weighted by Crippen LogP contribution is 2.36. The van der Waals surface area contributed by atoms with E-state index in [1.54, 1.807) is 12.4 Å². The monoisotopic (exact) mass is 222 g/mol. The van der Waals surface area contributed by atoms with Crippen molar-refractivity contribution >= 4 is 0 Å². The van der Waals surface area contributed by atoms with Crippen LogP contribution in [0.2, 0.25) is 0 Å². The lowest BCUT2D eigenvalue weighted by atomic mass is 10.2. The van der Waals surface area contributed by atoms with Gasteiger partial charge in [-0.05, 0) is 26.7 Å². The molecule has 1 aromatic heterocycles. The molecule has 0 atom stereocenters. The van der Waals surface area contributed by atoms with Crippen LogP contribution in [-0.2, 0) is 6.54 Å². The fourth-order valence-electron chi connectivity index (χ4n) is 1.44. The Labute approximate surface area is 95.8 Å². The van der Waals surface area contributed by atoms with Crippen molar-refractivity contribution in [1.29, 1.82) is 0 Å². The van der Waals surface area contributed by atoms with Crippen LogP contribution in [0.5, 0.6) is 11.5 Å². The minimum Gasteiger partial charge on any atom is -0.486 e. The van der Waals surface area contributed by atoms with Crippen molar-refractivity contribution in [3.05, 3.63) is 18.0 Å². The van der Waals surface area contributed by atoms with Gasteiger partial charge in [0.2, 0.25) is 0 Å². The van der Waals surface area contributed by atoms with Crippen molar-refractivity contribution in [2.45, 2.75) is 45.4 Å². The zero-order chi connectivity index (χ0) is 11.5. The average Bonchev–Trinajstić information content (AvgIpc) is 3.03. The molecule has 0 saturated heterocycles. The maximum atomic E-state index is 5.83. The standard InChI is InChI=1S/C12H18N2O2/c1-8(2)15-11-7-14-6-9(5-13)12(11)16-10-3-4-10/h6-8,10H,3-5,13H2,1-2H3. The number of pyridine rings is 1. The maximum Gasteiger partial charge on any atom is 0.180 e. The van der Waals surface area contributed by atoms with E-state index in [0.29, 0.717) is 18.4 Å². The Balaban J connectivity index is 2.25. The number of ether oxygens (including phenoxy) is 2. The third kappa shape index (κ3) is 2.64. The summed E-state index contributed by atoms with van der Waals surface area (Å²) in [4.78, 5) is 4.11. The Kier molecular flexibility index (Phi) is 3.29. The molecule has 4 heteroatoms. The molecule has 1 aromatic rings. The topological polar surface area (TPSA) is 57.4 Å². The van der Waals surface area contributed by atoms with Gasteiger partial charge in [0, 0.05) is 18.3 Å². The van der Waals surface area contributed by atoms with Crippen LogP contribution in [0.25, 0.3) is 0 Å². The van der Waals surface area contributed by atoms with Gasteiger partial charge in [0.1, 0.15) is 0 Å². The molecule has 1 heterocycles. The first kappa shape index (κ1) is 11.2. The Morgan fingerprint density at radius 3 is 2.75 bits per heavy atom. The summed E-state index contributed by atoms with van der Waals surface area (Å²) in [6, 6.07) is 0. The van der Waals surface area contributed by atoms with Crippen molar-refractivity contribution in [3.8, 4) is 11.5 Å². The van der Waals surface area contributed by atoms with E-state index in [-0.39, 0.29) is 6.10 Å². The number of hydrogen-bond donors (Lipinski definition) is 1. The highest BCUT2D eigenvalue weighted by atomic mass is 16.5. The summed E-state index contributed by atoms with van der Waals surface area (Å²) >= 11 is 0.